The lowest BCUT2D eigenvalue weighted by Crippen LogP contribution is -2.50. The molecular weight excluding hydrogens is 255 g/mol. The number of ether oxygens (including phenoxy) is 1. The van der Waals surface area contributed by atoms with Crippen molar-refractivity contribution in [2.45, 2.75) is 37.9 Å². The molecule has 1 saturated carbocycles. The van der Waals surface area contributed by atoms with Crippen LogP contribution in [0.4, 0.5) is 4.39 Å². The molecule has 2 N–H and O–H groups in total. The van der Waals surface area contributed by atoms with E-state index in [1.807, 2.05) is 12.1 Å². The Morgan fingerprint density at radius 3 is 2.85 bits per heavy atom. The molecule has 1 aromatic rings. The number of nitrogens with one attached hydrogen (secondary N) is 2. The van der Waals surface area contributed by atoms with E-state index in [0.717, 1.165) is 31.9 Å². The van der Waals surface area contributed by atoms with Gasteiger partial charge in [-0.2, -0.15) is 0 Å². The fourth-order valence-electron chi connectivity index (χ4n) is 3.44. The highest BCUT2D eigenvalue weighted by Crippen LogP contribution is 2.29. The summed E-state index contributed by atoms with van der Waals surface area (Å²) in [6, 6.07) is 7.79. The van der Waals surface area contributed by atoms with Crippen molar-refractivity contribution in [3.05, 3.63) is 35.6 Å². The lowest BCUT2D eigenvalue weighted by Gasteiger charge is -2.33. The average molecular weight is 278 g/mol. The highest BCUT2D eigenvalue weighted by molar-refractivity contribution is 5.16. The van der Waals surface area contributed by atoms with Crippen LogP contribution in [0.3, 0.4) is 0 Å². The van der Waals surface area contributed by atoms with Gasteiger partial charge < -0.3 is 15.4 Å². The van der Waals surface area contributed by atoms with Gasteiger partial charge in [0.05, 0.1) is 13.2 Å². The molecule has 0 aromatic heterocycles. The maximum atomic E-state index is 12.9. The summed E-state index contributed by atoms with van der Waals surface area (Å²) in [5, 5.41) is 7.23. The van der Waals surface area contributed by atoms with Crippen molar-refractivity contribution in [1.29, 1.82) is 0 Å². The topological polar surface area (TPSA) is 33.3 Å². The van der Waals surface area contributed by atoms with Crippen LogP contribution in [0.25, 0.3) is 0 Å². The summed E-state index contributed by atoms with van der Waals surface area (Å²) in [5.74, 6) is 0.479. The third-order valence-electron chi connectivity index (χ3n) is 4.52. The molecule has 110 valence electrons. The summed E-state index contributed by atoms with van der Waals surface area (Å²) in [7, 11) is 0. The van der Waals surface area contributed by atoms with Gasteiger partial charge in [-0.05, 0) is 36.5 Å². The van der Waals surface area contributed by atoms with Gasteiger partial charge in [0.2, 0.25) is 0 Å². The summed E-state index contributed by atoms with van der Waals surface area (Å²) in [6.07, 6.45) is 3.77. The Balaban J connectivity index is 1.54. The smallest absolute Gasteiger partial charge is 0.123 e. The lowest BCUT2D eigenvalue weighted by molar-refractivity contribution is 0.0524. The molecular formula is C16H23FN2O. The molecule has 2 fully saturated rings. The molecule has 0 amide bonds. The highest BCUT2D eigenvalue weighted by atomic mass is 19.1. The van der Waals surface area contributed by atoms with Crippen LogP contribution in [0, 0.1) is 11.7 Å². The van der Waals surface area contributed by atoms with E-state index in [4.69, 9.17) is 4.74 Å². The van der Waals surface area contributed by atoms with Crippen LogP contribution in [0.15, 0.2) is 24.3 Å². The van der Waals surface area contributed by atoms with Gasteiger partial charge in [0.15, 0.2) is 0 Å². The first-order valence-corrected chi connectivity index (χ1v) is 7.62. The SMILES string of the molecule is Fc1ccc(CNC2CCCC2C2COCCN2)cc1. The molecule has 4 heteroatoms. The zero-order chi connectivity index (χ0) is 13.8. The van der Waals surface area contributed by atoms with E-state index in [2.05, 4.69) is 10.6 Å². The van der Waals surface area contributed by atoms with Crippen molar-refractivity contribution in [3.63, 3.8) is 0 Å². The molecule has 0 bridgehead atoms. The Kier molecular flexibility index (Phi) is 4.65. The summed E-state index contributed by atoms with van der Waals surface area (Å²) in [4.78, 5) is 0. The summed E-state index contributed by atoms with van der Waals surface area (Å²) >= 11 is 0. The average Bonchev–Trinajstić information content (AvgIpc) is 2.96. The summed E-state index contributed by atoms with van der Waals surface area (Å²) in [5.41, 5.74) is 1.14. The molecule has 3 unspecified atom stereocenters. The van der Waals surface area contributed by atoms with Crippen molar-refractivity contribution in [2.24, 2.45) is 5.92 Å². The monoisotopic (exact) mass is 278 g/mol. The van der Waals surface area contributed by atoms with Gasteiger partial charge in [-0.25, -0.2) is 4.39 Å². The molecule has 0 spiro atoms. The molecule has 1 aliphatic heterocycles. The summed E-state index contributed by atoms with van der Waals surface area (Å²) < 4.78 is 18.5. The van der Waals surface area contributed by atoms with Gasteiger partial charge in [-0.15, -0.1) is 0 Å². The number of hydrogen-bond acceptors (Lipinski definition) is 3. The lowest BCUT2D eigenvalue weighted by atomic mass is 9.94. The van der Waals surface area contributed by atoms with E-state index in [1.54, 1.807) is 0 Å². The van der Waals surface area contributed by atoms with Gasteiger partial charge in [0, 0.05) is 25.2 Å². The second kappa shape index (κ2) is 6.66. The van der Waals surface area contributed by atoms with E-state index in [1.165, 1.54) is 31.4 Å². The zero-order valence-electron chi connectivity index (χ0n) is 11.8. The number of halogens is 1. The van der Waals surface area contributed by atoms with Crippen LogP contribution in [-0.2, 0) is 11.3 Å². The molecule has 3 atom stereocenters. The first kappa shape index (κ1) is 14.0. The minimum absolute atomic E-state index is 0.170. The van der Waals surface area contributed by atoms with Crippen molar-refractivity contribution in [2.75, 3.05) is 19.8 Å². The first-order valence-electron chi connectivity index (χ1n) is 7.62. The third-order valence-corrected chi connectivity index (χ3v) is 4.52. The van der Waals surface area contributed by atoms with E-state index < -0.39 is 0 Å². The molecule has 3 rings (SSSR count). The standard InChI is InChI=1S/C16H23FN2O/c17-13-6-4-12(5-7-13)10-19-15-3-1-2-14(15)16-11-20-9-8-18-16/h4-7,14-16,18-19H,1-3,8-11H2. The van der Waals surface area contributed by atoms with Crippen LogP contribution >= 0.6 is 0 Å². The van der Waals surface area contributed by atoms with E-state index in [-0.39, 0.29) is 5.82 Å². The molecule has 1 saturated heterocycles. The molecule has 1 aliphatic carbocycles. The second-order valence-electron chi connectivity index (χ2n) is 5.84. The fourth-order valence-corrected chi connectivity index (χ4v) is 3.44. The molecule has 20 heavy (non-hydrogen) atoms. The highest BCUT2D eigenvalue weighted by Gasteiger charge is 2.34. The molecule has 0 radical (unpaired) electrons. The number of hydrogen-bond donors (Lipinski definition) is 2. The maximum absolute atomic E-state index is 12.9. The van der Waals surface area contributed by atoms with E-state index in [9.17, 15) is 4.39 Å². The van der Waals surface area contributed by atoms with Crippen LogP contribution in [-0.4, -0.2) is 31.8 Å². The maximum Gasteiger partial charge on any atom is 0.123 e. The predicted molar refractivity (Wildman–Crippen MR) is 77.0 cm³/mol. The Morgan fingerprint density at radius 2 is 2.10 bits per heavy atom. The quantitative estimate of drug-likeness (QED) is 0.884. The number of rotatable bonds is 4. The van der Waals surface area contributed by atoms with Crippen molar-refractivity contribution in [3.8, 4) is 0 Å². The van der Waals surface area contributed by atoms with Crippen LogP contribution < -0.4 is 10.6 Å². The van der Waals surface area contributed by atoms with Gasteiger partial charge in [-0.3, -0.25) is 0 Å². The van der Waals surface area contributed by atoms with Crippen LogP contribution in [0.5, 0.6) is 0 Å². The van der Waals surface area contributed by atoms with Gasteiger partial charge in [-0.1, -0.05) is 18.6 Å². The van der Waals surface area contributed by atoms with Crippen LogP contribution in [0.2, 0.25) is 0 Å². The van der Waals surface area contributed by atoms with Crippen molar-refractivity contribution in [1.82, 2.24) is 10.6 Å². The number of morpholine rings is 1. The Hall–Kier alpha value is -0.970. The Morgan fingerprint density at radius 1 is 1.25 bits per heavy atom. The molecule has 1 heterocycles. The second-order valence-corrected chi connectivity index (χ2v) is 5.84. The fraction of sp³-hybridized carbons (Fsp3) is 0.625. The Bertz CT molecular complexity index is 417. The van der Waals surface area contributed by atoms with E-state index in [0.29, 0.717) is 18.0 Å². The predicted octanol–water partition coefficient (Wildman–Crippen LogP) is 2.07. The molecule has 1 aromatic carbocycles. The van der Waals surface area contributed by atoms with Gasteiger partial charge in [0.1, 0.15) is 5.82 Å². The van der Waals surface area contributed by atoms with Crippen molar-refractivity contribution >= 4 is 0 Å². The summed E-state index contributed by atoms with van der Waals surface area (Å²) in [6.45, 7) is 3.44. The van der Waals surface area contributed by atoms with Crippen molar-refractivity contribution < 1.29 is 9.13 Å². The zero-order valence-corrected chi connectivity index (χ0v) is 11.8. The number of benzene rings is 1. The van der Waals surface area contributed by atoms with Crippen LogP contribution in [0.1, 0.15) is 24.8 Å². The normalized spacial score (nSPS) is 30.6. The Labute approximate surface area is 119 Å². The van der Waals surface area contributed by atoms with Gasteiger partial charge >= 0.3 is 0 Å². The van der Waals surface area contributed by atoms with E-state index >= 15 is 0 Å². The molecule has 2 aliphatic rings. The third kappa shape index (κ3) is 3.37. The largest absolute Gasteiger partial charge is 0.379 e. The minimum Gasteiger partial charge on any atom is -0.379 e. The minimum atomic E-state index is -0.170. The van der Waals surface area contributed by atoms with Gasteiger partial charge in [0.25, 0.3) is 0 Å². The first-order chi connectivity index (χ1) is 9.83. The molecule has 3 nitrogen and oxygen atoms in total.